The predicted molar refractivity (Wildman–Crippen MR) is 101 cm³/mol. The predicted octanol–water partition coefficient (Wildman–Crippen LogP) is 3.81. The topological polar surface area (TPSA) is 28.0 Å². The first kappa shape index (κ1) is 15.8. The van der Waals surface area contributed by atoms with Crippen LogP contribution in [0.5, 0.6) is 0 Å². The molecule has 1 fully saturated rings. The molecule has 0 atom stereocenters. The summed E-state index contributed by atoms with van der Waals surface area (Å²) >= 11 is 0. The van der Waals surface area contributed by atoms with Gasteiger partial charge in [0, 0.05) is 38.4 Å². The van der Waals surface area contributed by atoms with E-state index >= 15 is 0 Å². The standard InChI is InChI=1S/C21H23N3O/c1-22(15-17-7-3-2-4-8-17)20-12-11-19-10-9-18(16-24(19)20)21(25)23-13-5-6-14-23/h2-4,7-12,16H,5-6,13-15H2,1H3. The van der Waals surface area contributed by atoms with E-state index in [1.807, 2.05) is 29.3 Å². The highest BCUT2D eigenvalue weighted by Crippen LogP contribution is 2.22. The molecular formula is C21H23N3O. The van der Waals surface area contributed by atoms with E-state index in [-0.39, 0.29) is 5.91 Å². The summed E-state index contributed by atoms with van der Waals surface area (Å²) in [5.74, 6) is 1.24. The van der Waals surface area contributed by atoms with Crippen molar-refractivity contribution in [1.29, 1.82) is 0 Å². The van der Waals surface area contributed by atoms with Crippen LogP contribution in [0.4, 0.5) is 5.82 Å². The zero-order chi connectivity index (χ0) is 17.2. The number of amides is 1. The molecule has 4 nitrogen and oxygen atoms in total. The maximum absolute atomic E-state index is 12.7. The first-order chi connectivity index (χ1) is 12.2. The van der Waals surface area contributed by atoms with Crippen molar-refractivity contribution in [2.75, 3.05) is 25.0 Å². The van der Waals surface area contributed by atoms with Gasteiger partial charge in [0.2, 0.25) is 0 Å². The molecular weight excluding hydrogens is 310 g/mol. The van der Waals surface area contributed by atoms with Crippen molar-refractivity contribution in [3.8, 4) is 0 Å². The normalized spacial score (nSPS) is 14.2. The van der Waals surface area contributed by atoms with Gasteiger partial charge in [-0.15, -0.1) is 0 Å². The third-order valence-corrected chi connectivity index (χ3v) is 4.92. The second-order valence-corrected chi connectivity index (χ2v) is 6.75. The number of aromatic nitrogens is 1. The Morgan fingerprint density at radius 3 is 2.48 bits per heavy atom. The lowest BCUT2D eigenvalue weighted by atomic mass is 10.2. The Morgan fingerprint density at radius 2 is 1.72 bits per heavy atom. The van der Waals surface area contributed by atoms with Crippen LogP contribution in [0.15, 0.2) is 60.8 Å². The third kappa shape index (κ3) is 3.12. The van der Waals surface area contributed by atoms with Gasteiger partial charge in [0.05, 0.1) is 5.56 Å². The number of rotatable bonds is 4. The summed E-state index contributed by atoms with van der Waals surface area (Å²) in [5.41, 5.74) is 3.14. The van der Waals surface area contributed by atoms with Crippen LogP contribution in [0.1, 0.15) is 28.8 Å². The smallest absolute Gasteiger partial charge is 0.255 e. The van der Waals surface area contributed by atoms with Crippen LogP contribution in [0, 0.1) is 0 Å². The van der Waals surface area contributed by atoms with E-state index in [0.717, 1.165) is 49.4 Å². The number of carbonyl (C=O) groups is 1. The van der Waals surface area contributed by atoms with E-state index in [1.165, 1.54) is 5.56 Å². The second-order valence-electron chi connectivity index (χ2n) is 6.75. The monoisotopic (exact) mass is 333 g/mol. The fourth-order valence-electron chi connectivity index (χ4n) is 3.57. The molecule has 1 aliphatic rings. The van der Waals surface area contributed by atoms with E-state index in [2.05, 4.69) is 52.7 Å². The lowest BCUT2D eigenvalue weighted by Gasteiger charge is -2.20. The first-order valence-electron chi connectivity index (χ1n) is 8.88. The molecule has 0 radical (unpaired) electrons. The van der Waals surface area contributed by atoms with Crippen molar-refractivity contribution in [1.82, 2.24) is 9.30 Å². The third-order valence-electron chi connectivity index (χ3n) is 4.92. The van der Waals surface area contributed by atoms with Crippen LogP contribution in [0.25, 0.3) is 5.52 Å². The van der Waals surface area contributed by atoms with Crippen LogP contribution in [-0.2, 0) is 6.54 Å². The minimum absolute atomic E-state index is 0.143. The molecule has 3 aromatic rings. The van der Waals surface area contributed by atoms with Gasteiger partial charge < -0.3 is 14.2 Å². The highest BCUT2D eigenvalue weighted by atomic mass is 16.2. The summed E-state index contributed by atoms with van der Waals surface area (Å²) < 4.78 is 2.12. The summed E-state index contributed by atoms with van der Waals surface area (Å²) in [7, 11) is 2.09. The molecule has 0 spiro atoms. The minimum Gasteiger partial charge on any atom is -0.356 e. The van der Waals surface area contributed by atoms with E-state index in [1.54, 1.807) is 0 Å². The molecule has 1 aromatic carbocycles. The molecule has 0 unspecified atom stereocenters. The average molecular weight is 333 g/mol. The van der Waals surface area contributed by atoms with Crippen molar-refractivity contribution in [2.45, 2.75) is 19.4 Å². The Hall–Kier alpha value is -2.75. The molecule has 4 rings (SSSR count). The van der Waals surface area contributed by atoms with Gasteiger partial charge in [-0.2, -0.15) is 0 Å². The summed E-state index contributed by atoms with van der Waals surface area (Å²) in [6.45, 7) is 2.59. The van der Waals surface area contributed by atoms with Crippen molar-refractivity contribution in [2.24, 2.45) is 0 Å². The molecule has 1 saturated heterocycles. The van der Waals surface area contributed by atoms with Crippen molar-refractivity contribution >= 4 is 17.2 Å². The Labute approximate surface area is 148 Å². The number of fused-ring (bicyclic) bond motifs is 1. The zero-order valence-electron chi connectivity index (χ0n) is 14.6. The Bertz CT molecular complexity index is 879. The summed E-state index contributed by atoms with van der Waals surface area (Å²) in [6.07, 6.45) is 4.21. The SMILES string of the molecule is CN(Cc1ccccc1)c1ccc2ccc(C(=O)N3CCCC3)cn12. The zero-order valence-corrected chi connectivity index (χ0v) is 14.6. The Morgan fingerprint density at radius 1 is 1.00 bits per heavy atom. The van der Waals surface area contributed by atoms with Crippen molar-refractivity contribution in [3.05, 3.63) is 71.9 Å². The maximum atomic E-state index is 12.7. The van der Waals surface area contributed by atoms with E-state index < -0.39 is 0 Å². The van der Waals surface area contributed by atoms with Crippen LogP contribution in [0.2, 0.25) is 0 Å². The van der Waals surface area contributed by atoms with Crippen molar-refractivity contribution in [3.63, 3.8) is 0 Å². The van der Waals surface area contributed by atoms with Gasteiger partial charge in [-0.05, 0) is 42.7 Å². The second kappa shape index (κ2) is 6.63. The molecule has 0 saturated carbocycles. The highest BCUT2D eigenvalue weighted by molar-refractivity contribution is 5.94. The number of likely N-dealkylation sites (tertiary alicyclic amines) is 1. The maximum Gasteiger partial charge on any atom is 0.255 e. The van der Waals surface area contributed by atoms with Gasteiger partial charge in [-0.1, -0.05) is 30.3 Å². The van der Waals surface area contributed by atoms with Gasteiger partial charge in [0.1, 0.15) is 5.82 Å². The number of pyridine rings is 1. The lowest BCUT2D eigenvalue weighted by molar-refractivity contribution is 0.0792. The molecule has 1 aliphatic heterocycles. The van der Waals surface area contributed by atoms with E-state index in [0.29, 0.717) is 0 Å². The van der Waals surface area contributed by atoms with Crippen LogP contribution >= 0.6 is 0 Å². The summed E-state index contributed by atoms with van der Waals surface area (Å²) in [4.78, 5) is 16.9. The first-order valence-corrected chi connectivity index (χ1v) is 8.88. The van der Waals surface area contributed by atoms with Crippen LogP contribution in [-0.4, -0.2) is 35.3 Å². The molecule has 0 aliphatic carbocycles. The largest absolute Gasteiger partial charge is 0.356 e. The fourth-order valence-corrected chi connectivity index (χ4v) is 3.57. The molecule has 2 aromatic heterocycles. The summed E-state index contributed by atoms with van der Waals surface area (Å²) in [5, 5.41) is 0. The van der Waals surface area contributed by atoms with Gasteiger partial charge >= 0.3 is 0 Å². The number of benzene rings is 1. The number of nitrogens with zero attached hydrogens (tertiary/aromatic N) is 3. The molecule has 0 bridgehead atoms. The molecule has 3 heterocycles. The van der Waals surface area contributed by atoms with Gasteiger partial charge in [-0.25, -0.2) is 0 Å². The van der Waals surface area contributed by atoms with Crippen LogP contribution in [0.3, 0.4) is 0 Å². The number of hydrogen-bond acceptors (Lipinski definition) is 2. The fraction of sp³-hybridized carbons (Fsp3) is 0.286. The number of anilines is 1. The summed E-state index contributed by atoms with van der Waals surface area (Å²) in [6, 6.07) is 18.6. The molecule has 0 N–H and O–H groups in total. The number of hydrogen-bond donors (Lipinski definition) is 0. The van der Waals surface area contributed by atoms with E-state index in [9.17, 15) is 4.79 Å². The van der Waals surface area contributed by atoms with E-state index in [4.69, 9.17) is 0 Å². The lowest BCUT2D eigenvalue weighted by Crippen LogP contribution is -2.27. The minimum atomic E-state index is 0.143. The van der Waals surface area contributed by atoms with Crippen molar-refractivity contribution < 1.29 is 4.79 Å². The van der Waals surface area contributed by atoms with Gasteiger partial charge in [-0.3, -0.25) is 4.79 Å². The molecule has 1 amide bonds. The quantitative estimate of drug-likeness (QED) is 0.726. The number of carbonyl (C=O) groups excluding carboxylic acids is 1. The van der Waals surface area contributed by atoms with Gasteiger partial charge in [0.15, 0.2) is 0 Å². The molecule has 128 valence electrons. The Balaban J connectivity index is 1.63. The average Bonchev–Trinajstić information content (AvgIpc) is 3.31. The molecule has 4 heteroatoms. The van der Waals surface area contributed by atoms with Crippen LogP contribution < -0.4 is 4.90 Å². The Kier molecular flexibility index (Phi) is 4.18. The van der Waals surface area contributed by atoms with Gasteiger partial charge in [0.25, 0.3) is 5.91 Å². The molecule has 25 heavy (non-hydrogen) atoms. The highest BCUT2D eigenvalue weighted by Gasteiger charge is 2.20.